The molecule has 1 atom stereocenters. The first kappa shape index (κ1) is 18.5. The maximum Gasteiger partial charge on any atom is 0.186 e. The molecule has 2 aromatic carbocycles. The quantitative estimate of drug-likeness (QED) is 0.420. The molecule has 0 fully saturated rings. The average molecular weight is 388 g/mol. The van der Waals surface area contributed by atoms with Crippen molar-refractivity contribution in [2.45, 2.75) is 23.0 Å². The molecule has 1 aromatic heterocycles. The van der Waals surface area contributed by atoms with Crippen LogP contribution in [0.2, 0.25) is 0 Å². The second kappa shape index (κ2) is 7.93. The van der Waals surface area contributed by atoms with Gasteiger partial charge in [-0.2, -0.15) is 0 Å². The summed E-state index contributed by atoms with van der Waals surface area (Å²) in [6.45, 7) is 0. The van der Waals surface area contributed by atoms with Crippen LogP contribution in [-0.2, 0) is 9.84 Å². The van der Waals surface area contributed by atoms with E-state index in [-0.39, 0.29) is 23.5 Å². The molecule has 0 spiro atoms. The van der Waals surface area contributed by atoms with Crippen LogP contribution >= 0.6 is 11.3 Å². The SMILES string of the molecule is O=C(CCC(c1cccs1)S(=O)(=O)c1ccc(F)cc1)c1ccccc1. The molecule has 0 bridgehead atoms. The highest BCUT2D eigenvalue weighted by molar-refractivity contribution is 7.91. The van der Waals surface area contributed by atoms with Crippen molar-refractivity contribution in [1.82, 2.24) is 0 Å². The number of rotatable bonds is 7. The van der Waals surface area contributed by atoms with E-state index in [1.54, 1.807) is 36.4 Å². The van der Waals surface area contributed by atoms with Crippen LogP contribution in [0.25, 0.3) is 0 Å². The Bertz CT molecular complexity index is 964. The highest BCUT2D eigenvalue weighted by Gasteiger charge is 2.30. The smallest absolute Gasteiger partial charge is 0.186 e. The number of carbonyl (C=O) groups excluding carboxylic acids is 1. The van der Waals surface area contributed by atoms with Crippen molar-refractivity contribution in [3.05, 3.63) is 88.4 Å². The van der Waals surface area contributed by atoms with Crippen molar-refractivity contribution in [1.29, 1.82) is 0 Å². The van der Waals surface area contributed by atoms with Crippen LogP contribution in [0.1, 0.15) is 33.3 Å². The molecule has 6 heteroatoms. The Kier molecular flexibility index (Phi) is 5.64. The summed E-state index contributed by atoms with van der Waals surface area (Å²) in [4.78, 5) is 13.1. The molecule has 0 amide bonds. The molecule has 3 aromatic rings. The molecule has 0 saturated carbocycles. The van der Waals surface area contributed by atoms with Gasteiger partial charge in [-0.3, -0.25) is 4.79 Å². The summed E-state index contributed by atoms with van der Waals surface area (Å²) in [5.74, 6) is -0.586. The maximum atomic E-state index is 13.2. The van der Waals surface area contributed by atoms with Gasteiger partial charge in [-0.1, -0.05) is 36.4 Å². The lowest BCUT2D eigenvalue weighted by Gasteiger charge is -2.16. The molecule has 0 aliphatic rings. The molecule has 0 saturated heterocycles. The zero-order valence-electron chi connectivity index (χ0n) is 13.8. The third kappa shape index (κ3) is 4.08. The van der Waals surface area contributed by atoms with Crippen LogP contribution in [-0.4, -0.2) is 14.2 Å². The lowest BCUT2D eigenvalue weighted by molar-refractivity contribution is 0.0980. The number of carbonyl (C=O) groups is 1. The van der Waals surface area contributed by atoms with Crippen molar-refractivity contribution in [3.8, 4) is 0 Å². The number of thiophene rings is 1. The molecule has 0 aliphatic carbocycles. The lowest BCUT2D eigenvalue weighted by Crippen LogP contribution is -2.15. The molecule has 1 unspecified atom stereocenters. The second-order valence-electron chi connectivity index (χ2n) is 5.83. The lowest BCUT2D eigenvalue weighted by atomic mass is 10.1. The fourth-order valence-corrected chi connectivity index (χ4v) is 5.69. The number of hydrogen-bond acceptors (Lipinski definition) is 4. The van der Waals surface area contributed by atoms with E-state index < -0.39 is 20.9 Å². The van der Waals surface area contributed by atoms with Crippen molar-refractivity contribution in [2.24, 2.45) is 0 Å². The van der Waals surface area contributed by atoms with Crippen LogP contribution in [0.3, 0.4) is 0 Å². The van der Waals surface area contributed by atoms with Gasteiger partial charge in [0.05, 0.1) is 4.90 Å². The van der Waals surface area contributed by atoms with Gasteiger partial charge < -0.3 is 0 Å². The fraction of sp³-hybridized carbons (Fsp3) is 0.150. The van der Waals surface area contributed by atoms with E-state index in [2.05, 4.69) is 0 Å². The molecular formula is C20H17FO3S2. The Morgan fingerprint density at radius 3 is 2.27 bits per heavy atom. The summed E-state index contributed by atoms with van der Waals surface area (Å²) < 4.78 is 39.3. The molecular weight excluding hydrogens is 371 g/mol. The Hall–Kier alpha value is -2.31. The van der Waals surface area contributed by atoms with Gasteiger partial charge in [-0.15, -0.1) is 11.3 Å². The van der Waals surface area contributed by atoms with Gasteiger partial charge in [0, 0.05) is 16.9 Å². The summed E-state index contributed by atoms with van der Waals surface area (Å²) in [6, 6.07) is 17.2. The monoisotopic (exact) mass is 388 g/mol. The van der Waals surface area contributed by atoms with Crippen molar-refractivity contribution < 1.29 is 17.6 Å². The number of Topliss-reactive ketones (excluding diaryl/α,β-unsaturated/α-hetero) is 1. The molecule has 3 nitrogen and oxygen atoms in total. The van der Waals surface area contributed by atoms with Gasteiger partial charge in [-0.25, -0.2) is 12.8 Å². The summed E-state index contributed by atoms with van der Waals surface area (Å²) >= 11 is 1.34. The third-order valence-corrected chi connectivity index (χ3v) is 7.41. The summed E-state index contributed by atoms with van der Waals surface area (Å²) in [5, 5.41) is 0.974. The second-order valence-corrected chi connectivity index (χ2v) is 8.94. The van der Waals surface area contributed by atoms with E-state index in [0.717, 1.165) is 12.1 Å². The standard InChI is InChI=1S/C20H17FO3S2/c21-16-8-10-17(11-9-16)26(23,24)20(19-7-4-14-25-19)13-12-18(22)15-5-2-1-3-6-15/h1-11,14,20H,12-13H2. The minimum Gasteiger partial charge on any atom is -0.294 e. The Balaban J connectivity index is 1.86. The average Bonchev–Trinajstić information content (AvgIpc) is 3.17. The van der Waals surface area contributed by atoms with Gasteiger partial charge in [0.15, 0.2) is 15.6 Å². The first-order chi connectivity index (χ1) is 12.5. The van der Waals surface area contributed by atoms with Crippen molar-refractivity contribution in [3.63, 3.8) is 0 Å². The largest absolute Gasteiger partial charge is 0.294 e. The van der Waals surface area contributed by atoms with E-state index >= 15 is 0 Å². The predicted octanol–water partition coefficient (Wildman–Crippen LogP) is 5.07. The Labute approximate surface area is 156 Å². The predicted molar refractivity (Wildman–Crippen MR) is 101 cm³/mol. The zero-order chi connectivity index (χ0) is 18.6. The summed E-state index contributed by atoms with van der Waals surface area (Å²) in [7, 11) is -3.73. The first-order valence-electron chi connectivity index (χ1n) is 8.09. The van der Waals surface area contributed by atoms with E-state index in [4.69, 9.17) is 0 Å². The van der Waals surface area contributed by atoms with Gasteiger partial charge in [0.2, 0.25) is 0 Å². The number of sulfone groups is 1. The van der Waals surface area contributed by atoms with E-state index in [9.17, 15) is 17.6 Å². The molecule has 1 heterocycles. The van der Waals surface area contributed by atoms with Gasteiger partial charge in [0.25, 0.3) is 0 Å². The zero-order valence-corrected chi connectivity index (χ0v) is 15.5. The highest BCUT2D eigenvalue weighted by atomic mass is 32.2. The fourth-order valence-electron chi connectivity index (χ4n) is 2.74. The van der Waals surface area contributed by atoms with Gasteiger partial charge in [-0.05, 0) is 42.1 Å². The van der Waals surface area contributed by atoms with Crippen molar-refractivity contribution in [2.75, 3.05) is 0 Å². The number of halogens is 1. The van der Waals surface area contributed by atoms with Crippen LogP contribution in [0, 0.1) is 5.82 Å². The third-order valence-electron chi connectivity index (χ3n) is 4.11. The minimum atomic E-state index is -3.73. The van der Waals surface area contributed by atoms with Crippen LogP contribution in [0.4, 0.5) is 4.39 Å². The maximum absolute atomic E-state index is 13.2. The number of benzene rings is 2. The van der Waals surface area contributed by atoms with Gasteiger partial charge >= 0.3 is 0 Å². The van der Waals surface area contributed by atoms with E-state index in [1.807, 2.05) is 11.4 Å². The van der Waals surface area contributed by atoms with Gasteiger partial charge in [0.1, 0.15) is 11.1 Å². The van der Waals surface area contributed by atoms with Crippen LogP contribution < -0.4 is 0 Å². The van der Waals surface area contributed by atoms with E-state index in [0.29, 0.717) is 10.4 Å². The molecule has 134 valence electrons. The number of ketones is 1. The molecule has 26 heavy (non-hydrogen) atoms. The summed E-state index contributed by atoms with van der Waals surface area (Å²) in [5.41, 5.74) is 0.566. The Morgan fingerprint density at radius 2 is 1.65 bits per heavy atom. The molecule has 0 aliphatic heterocycles. The minimum absolute atomic E-state index is 0.0597. The topological polar surface area (TPSA) is 51.2 Å². The summed E-state index contributed by atoms with van der Waals surface area (Å²) in [6.07, 6.45) is 0.293. The molecule has 0 N–H and O–H groups in total. The Morgan fingerprint density at radius 1 is 0.962 bits per heavy atom. The highest BCUT2D eigenvalue weighted by Crippen LogP contribution is 2.35. The normalized spacial score (nSPS) is 12.7. The molecule has 3 rings (SSSR count). The van der Waals surface area contributed by atoms with Crippen LogP contribution in [0.15, 0.2) is 77.0 Å². The van der Waals surface area contributed by atoms with E-state index in [1.165, 1.54) is 23.5 Å². The molecule has 0 radical (unpaired) electrons. The first-order valence-corrected chi connectivity index (χ1v) is 10.5. The van der Waals surface area contributed by atoms with Crippen LogP contribution in [0.5, 0.6) is 0 Å². The number of hydrogen-bond donors (Lipinski definition) is 0. The van der Waals surface area contributed by atoms with Crippen molar-refractivity contribution >= 4 is 27.0 Å².